The number of nitrogen functional groups attached to an aromatic ring is 1. The minimum Gasteiger partial charge on any atom is -0.380 e. The van der Waals surface area contributed by atoms with Gasteiger partial charge >= 0.3 is 0 Å². The molecule has 0 saturated heterocycles. The monoisotopic (exact) mass is 289 g/mol. The molecule has 106 valence electrons. The molecule has 2 heterocycles. The molecule has 3 N–H and O–H groups in total. The molecule has 0 bridgehead atoms. The molecular formula is C14H9F2N3O2. The Morgan fingerprint density at radius 2 is 2.00 bits per heavy atom. The van der Waals surface area contributed by atoms with E-state index in [2.05, 4.69) is 10.1 Å². The number of anilines is 1. The maximum atomic E-state index is 13.9. The number of pyridine rings is 1. The van der Waals surface area contributed by atoms with E-state index in [1.54, 1.807) is 0 Å². The van der Waals surface area contributed by atoms with Gasteiger partial charge < -0.3 is 15.2 Å². The van der Waals surface area contributed by atoms with Crippen LogP contribution in [0.4, 0.5) is 14.6 Å². The molecule has 5 nitrogen and oxygen atoms in total. The first-order valence-electron chi connectivity index (χ1n) is 5.96. The van der Waals surface area contributed by atoms with Crippen LogP contribution in [0.5, 0.6) is 0 Å². The zero-order valence-electron chi connectivity index (χ0n) is 10.6. The number of aromatic amines is 1. The van der Waals surface area contributed by atoms with Crippen molar-refractivity contribution in [3.63, 3.8) is 0 Å². The Balaban J connectivity index is 2.28. The van der Waals surface area contributed by atoms with Crippen LogP contribution < -0.4 is 11.2 Å². The lowest BCUT2D eigenvalue weighted by Crippen LogP contribution is -2.03. The Bertz CT molecular complexity index is 871. The third-order valence-electron chi connectivity index (χ3n) is 2.99. The van der Waals surface area contributed by atoms with Crippen LogP contribution in [-0.2, 0) is 0 Å². The predicted octanol–water partition coefficient (Wildman–Crippen LogP) is 2.56. The summed E-state index contributed by atoms with van der Waals surface area (Å²) < 4.78 is 32.0. The van der Waals surface area contributed by atoms with E-state index in [9.17, 15) is 13.6 Å². The summed E-state index contributed by atoms with van der Waals surface area (Å²) in [6.07, 6.45) is 2.84. The van der Waals surface area contributed by atoms with E-state index < -0.39 is 11.6 Å². The Labute approximate surface area is 117 Å². The van der Waals surface area contributed by atoms with Crippen molar-refractivity contribution in [3.8, 4) is 22.5 Å². The Hall–Kier alpha value is -2.96. The van der Waals surface area contributed by atoms with E-state index in [1.807, 2.05) is 0 Å². The summed E-state index contributed by atoms with van der Waals surface area (Å²) >= 11 is 0. The summed E-state index contributed by atoms with van der Waals surface area (Å²) in [5.74, 6) is -1.59. The number of nitrogens with zero attached hydrogens (tertiary/aromatic N) is 1. The van der Waals surface area contributed by atoms with E-state index in [4.69, 9.17) is 10.3 Å². The van der Waals surface area contributed by atoms with Crippen molar-refractivity contribution < 1.29 is 13.3 Å². The number of H-pyrrole nitrogens is 1. The first-order chi connectivity index (χ1) is 10.1. The molecule has 0 spiro atoms. The van der Waals surface area contributed by atoms with Crippen LogP contribution in [0.3, 0.4) is 0 Å². The third-order valence-corrected chi connectivity index (χ3v) is 2.99. The smallest absolute Gasteiger partial charge is 0.192 e. The number of rotatable bonds is 2. The van der Waals surface area contributed by atoms with Crippen molar-refractivity contribution in [2.45, 2.75) is 0 Å². The van der Waals surface area contributed by atoms with Gasteiger partial charge in [0.2, 0.25) is 0 Å². The van der Waals surface area contributed by atoms with Gasteiger partial charge in [0.25, 0.3) is 0 Å². The molecule has 3 rings (SSSR count). The van der Waals surface area contributed by atoms with Crippen LogP contribution >= 0.6 is 0 Å². The minimum atomic E-state index is -0.821. The van der Waals surface area contributed by atoms with Crippen LogP contribution in [0.15, 0.2) is 46.0 Å². The summed E-state index contributed by atoms with van der Waals surface area (Å²) in [6.45, 7) is 0. The lowest BCUT2D eigenvalue weighted by atomic mass is 10.0. The molecule has 0 saturated carbocycles. The maximum Gasteiger partial charge on any atom is 0.192 e. The molecule has 0 atom stereocenters. The third kappa shape index (κ3) is 2.18. The highest BCUT2D eigenvalue weighted by Gasteiger charge is 2.22. The molecule has 0 aliphatic rings. The number of hydrogen-bond acceptors (Lipinski definition) is 4. The van der Waals surface area contributed by atoms with Crippen LogP contribution in [0.1, 0.15) is 0 Å². The van der Waals surface area contributed by atoms with Gasteiger partial charge in [-0.3, -0.25) is 4.79 Å². The minimum absolute atomic E-state index is 0.00778. The first kappa shape index (κ1) is 13.0. The van der Waals surface area contributed by atoms with Gasteiger partial charge in [-0.05, 0) is 12.1 Å². The van der Waals surface area contributed by atoms with Gasteiger partial charge in [0.15, 0.2) is 17.0 Å². The summed E-state index contributed by atoms with van der Waals surface area (Å²) in [5, 5.41) is 3.56. The summed E-state index contributed by atoms with van der Waals surface area (Å²) in [7, 11) is 0. The second kappa shape index (κ2) is 4.86. The highest BCUT2D eigenvalue weighted by atomic mass is 19.1. The standard InChI is InChI=1S/C14H9F2N3O2/c15-7-1-2-8(10(16)5-7)12-13(21-19-14(12)17)9-6-18-4-3-11(9)20/h1-6H,(H2,17,19)(H,18,20). The van der Waals surface area contributed by atoms with Crippen LogP contribution in [0.2, 0.25) is 0 Å². The normalized spacial score (nSPS) is 10.8. The molecule has 1 aromatic carbocycles. The number of nitrogens with two attached hydrogens (primary N) is 1. The molecule has 3 aromatic rings. The zero-order chi connectivity index (χ0) is 15.0. The second-order valence-corrected chi connectivity index (χ2v) is 4.32. The van der Waals surface area contributed by atoms with Crippen molar-refractivity contribution in [2.75, 3.05) is 5.73 Å². The van der Waals surface area contributed by atoms with E-state index in [1.165, 1.54) is 24.5 Å². The fraction of sp³-hybridized carbons (Fsp3) is 0. The van der Waals surface area contributed by atoms with Crippen molar-refractivity contribution >= 4 is 5.82 Å². The number of benzene rings is 1. The van der Waals surface area contributed by atoms with Gasteiger partial charge in [-0.25, -0.2) is 8.78 Å². The Morgan fingerprint density at radius 3 is 2.71 bits per heavy atom. The lowest BCUT2D eigenvalue weighted by molar-refractivity contribution is 0.435. The fourth-order valence-electron chi connectivity index (χ4n) is 2.03. The SMILES string of the molecule is Nc1noc(-c2c[nH]ccc2=O)c1-c1ccc(F)cc1F. The number of hydrogen-bond donors (Lipinski definition) is 2. The quantitative estimate of drug-likeness (QED) is 0.759. The zero-order valence-corrected chi connectivity index (χ0v) is 10.6. The van der Waals surface area contributed by atoms with E-state index in [-0.39, 0.29) is 33.7 Å². The molecule has 2 aromatic heterocycles. The van der Waals surface area contributed by atoms with Gasteiger partial charge in [-0.1, -0.05) is 5.16 Å². The average molecular weight is 289 g/mol. The summed E-state index contributed by atoms with van der Waals surface area (Å²) in [4.78, 5) is 14.6. The highest BCUT2D eigenvalue weighted by molar-refractivity contribution is 5.86. The molecule has 21 heavy (non-hydrogen) atoms. The van der Waals surface area contributed by atoms with Crippen LogP contribution in [0, 0.1) is 11.6 Å². The molecule has 0 radical (unpaired) electrons. The van der Waals surface area contributed by atoms with Crippen molar-refractivity contribution in [1.82, 2.24) is 10.1 Å². The molecule has 0 fully saturated rings. The molecule has 7 heteroatoms. The molecule has 0 aliphatic carbocycles. The van der Waals surface area contributed by atoms with Crippen molar-refractivity contribution in [2.24, 2.45) is 0 Å². The van der Waals surface area contributed by atoms with Crippen molar-refractivity contribution in [1.29, 1.82) is 0 Å². The van der Waals surface area contributed by atoms with Crippen LogP contribution in [0.25, 0.3) is 22.5 Å². The topological polar surface area (TPSA) is 84.9 Å². The van der Waals surface area contributed by atoms with Crippen LogP contribution in [-0.4, -0.2) is 10.1 Å². The van der Waals surface area contributed by atoms with E-state index in [0.29, 0.717) is 0 Å². The van der Waals surface area contributed by atoms with E-state index in [0.717, 1.165) is 12.1 Å². The van der Waals surface area contributed by atoms with E-state index >= 15 is 0 Å². The highest BCUT2D eigenvalue weighted by Crippen LogP contribution is 2.36. The number of halogens is 2. The Morgan fingerprint density at radius 1 is 1.19 bits per heavy atom. The predicted molar refractivity (Wildman–Crippen MR) is 72.3 cm³/mol. The maximum absolute atomic E-state index is 13.9. The largest absolute Gasteiger partial charge is 0.380 e. The molecule has 0 unspecified atom stereocenters. The van der Waals surface area contributed by atoms with Gasteiger partial charge in [0.1, 0.15) is 11.6 Å². The fourth-order valence-corrected chi connectivity index (χ4v) is 2.03. The average Bonchev–Trinajstić information content (AvgIpc) is 2.81. The van der Waals surface area contributed by atoms with Gasteiger partial charge in [-0.2, -0.15) is 0 Å². The molecular weight excluding hydrogens is 280 g/mol. The van der Waals surface area contributed by atoms with Gasteiger partial charge in [0, 0.05) is 30.1 Å². The van der Waals surface area contributed by atoms with Crippen molar-refractivity contribution in [3.05, 3.63) is 58.5 Å². The molecule has 0 amide bonds. The summed E-state index contributed by atoms with van der Waals surface area (Å²) in [6, 6.07) is 4.32. The number of nitrogens with one attached hydrogen (secondary N) is 1. The number of aromatic nitrogens is 2. The second-order valence-electron chi connectivity index (χ2n) is 4.32. The molecule has 0 aliphatic heterocycles. The van der Waals surface area contributed by atoms with Gasteiger partial charge in [0.05, 0.1) is 11.1 Å². The van der Waals surface area contributed by atoms with Gasteiger partial charge in [-0.15, -0.1) is 0 Å². The first-order valence-corrected chi connectivity index (χ1v) is 5.96. The Kier molecular flexibility index (Phi) is 3.02. The summed E-state index contributed by atoms with van der Waals surface area (Å²) in [5.41, 5.74) is 5.63. The lowest BCUT2D eigenvalue weighted by Gasteiger charge is -2.04.